The number of morpholine rings is 1. The first-order chi connectivity index (χ1) is 8.25. The first kappa shape index (κ1) is 13.3. The van der Waals surface area contributed by atoms with Gasteiger partial charge in [-0.3, -0.25) is 0 Å². The molecule has 0 aromatic carbocycles. The molecule has 0 aromatic heterocycles. The molecule has 100 valence electrons. The highest BCUT2D eigenvalue weighted by Gasteiger charge is 2.29. The first-order valence-electron chi connectivity index (χ1n) is 7.31. The molecule has 0 bridgehead atoms. The van der Waals surface area contributed by atoms with E-state index < -0.39 is 0 Å². The standard InChI is InChI=1S/C14H28N2O/c1-12(2)5-8-16(14-3-4-14)9-6-13-11-17-10-7-15-13/h12-15H,3-11H2,1-2H3. The number of hydrogen-bond acceptors (Lipinski definition) is 3. The molecule has 1 aliphatic carbocycles. The lowest BCUT2D eigenvalue weighted by Gasteiger charge is -2.28. The summed E-state index contributed by atoms with van der Waals surface area (Å²) in [5.41, 5.74) is 0. The molecular formula is C14H28N2O. The fourth-order valence-electron chi connectivity index (χ4n) is 2.47. The Morgan fingerprint density at radius 1 is 1.29 bits per heavy atom. The highest BCUT2D eigenvalue weighted by Crippen LogP contribution is 2.27. The monoisotopic (exact) mass is 240 g/mol. The summed E-state index contributed by atoms with van der Waals surface area (Å²) < 4.78 is 5.51. The fraction of sp³-hybridized carbons (Fsp3) is 1.00. The molecule has 0 radical (unpaired) electrons. The molecule has 0 aromatic rings. The van der Waals surface area contributed by atoms with Crippen molar-refractivity contribution < 1.29 is 4.74 Å². The predicted octanol–water partition coefficient (Wildman–Crippen LogP) is 1.88. The zero-order chi connectivity index (χ0) is 12.1. The zero-order valence-electron chi connectivity index (χ0n) is 11.5. The van der Waals surface area contributed by atoms with Gasteiger partial charge < -0.3 is 15.0 Å². The van der Waals surface area contributed by atoms with Crippen LogP contribution in [0.5, 0.6) is 0 Å². The SMILES string of the molecule is CC(C)CCN(CCC1COCCN1)C1CC1. The molecule has 1 atom stereocenters. The second-order valence-electron chi connectivity index (χ2n) is 5.96. The van der Waals surface area contributed by atoms with Crippen LogP contribution in [0.4, 0.5) is 0 Å². The Morgan fingerprint density at radius 2 is 2.12 bits per heavy atom. The van der Waals surface area contributed by atoms with Crippen molar-refractivity contribution in [1.29, 1.82) is 0 Å². The molecular weight excluding hydrogens is 212 g/mol. The van der Waals surface area contributed by atoms with Gasteiger partial charge in [-0.25, -0.2) is 0 Å². The van der Waals surface area contributed by atoms with E-state index in [1.165, 1.54) is 38.8 Å². The van der Waals surface area contributed by atoms with E-state index in [0.717, 1.165) is 31.7 Å². The van der Waals surface area contributed by atoms with E-state index in [-0.39, 0.29) is 0 Å². The maximum absolute atomic E-state index is 5.51. The van der Waals surface area contributed by atoms with Gasteiger partial charge in [-0.15, -0.1) is 0 Å². The summed E-state index contributed by atoms with van der Waals surface area (Å²) in [5, 5.41) is 3.55. The lowest BCUT2D eigenvalue weighted by molar-refractivity contribution is 0.0692. The van der Waals surface area contributed by atoms with Crippen molar-refractivity contribution in [2.75, 3.05) is 32.8 Å². The third-order valence-corrected chi connectivity index (χ3v) is 3.82. The maximum atomic E-state index is 5.51. The Labute approximate surface area is 106 Å². The van der Waals surface area contributed by atoms with Crippen molar-refractivity contribution >= 4 is 0 Å². The van der Waals surface area contributed by atoms with Gasteiger partial charge in [-0.1, -0.05) is 13.8 Å². The molecule has 1 saturated carbocycles. The number of ether oxygens (including phenoxy) is 1. The van der Waals surface area contributed by atoms with Gasteiger partial charge in [0.05, 0.1) is 13.2 Å². The van der Waals surface area contributed by atoms with Gasteiger partial charge in [-0.05, 0) is 44.7 Å². The molecule has 3 nitrogen and oxygen atoms in total. The summed E-state index contributed by atoms with van der Waals surface area (Å²) in [6, 6.07) is 1.49. The van der Waals surface area contributed by atoms with Crippen molar-refractivity contribution in [3.05, 3.63) is 0 Å². The lowest BCUT2D eigenvalue weighted by atomic mass is 10.1. The summed E-state index contributed by atoms with van der Waals surface area (Å²) in [6.07, 6.45) is 5.43. The zero-order valence-corrected chi connectivity index (χ0v) is 11.5. The second kappa shape index (κ2) is 6.72. The van der Waals surface area contributed by atoms with E-state index in [1.807, 2.05) is 0 Å². The average molecular weight is 240 g/mol. The molecule has 0 spiro atoms. The van der Waals surface area contributed by atoms with E-state index in [2.05, 4.69) is 24.1 Å². The molecule has 1 heterocycles. The van der Waals surface area contributed by atoms with Crippen molar-refractivity contribution in [2.24, 2.45) is 5.92 Å². The van der Waals surface area contributed by atoms with Gasteiger partial charge in [-0.2, -0.15) is 0 Å². The molecule has 1 N–H and O–H groups in total. The predicted molar refractivity (Wildman–Crippen MR) is 71.3 cm³/mol. The molecule has 0 amide bonds. The molecule has 3 heteroatoms. The van der Waals surface area contributed by atoms with Crippen LogP contribution in [0, 0.1) is 5.92 Å². The van der Waals surface area contributed by atoms with Gasteiger partial charge >= 0.3 is 0 Å². The Kier molecular flexibility index (Phi) is 5.26. The molecule has 2 fully saturated rings. The van der Waals surface area contributed by atoms with Gasteiger partial charge in [0.25, 0.3) is 0 Å². The van der Waals surface area contributed by atoms with Gasteiger partial charge in [0, 0.05) is 18.6 Å². The minimum absolute atomic E-state index is 0.587. The van der Waals surface area contributed by atoms with Crippen LogP contribution in [0.3, 0.4) is 0 Å². The van der Waals surface area contributed by atoms with E-state index in [0.29, 0.717) is 6.04 Å². The third kappa shape index (κ3) is 4.94. The van der Waals surface area contributed by atoms with Crippen LogP contribution in [0.2, 0.25) is 0 Å². The quantitative estimate of drug-likeness (QED) is 0.735. The fourth-order valence-corrected chi connectivity index (χ4v) is 2.47. The minimum Gasteiger partial charge on any atom is -0.379 e. The Hall–Kier alpha value is -0.120. The van der Waals surface area contributed by atoms with Gasteiger partial charge in [0.1, 0.15) is 0 Å². The van der Waals surface area contributed by atoms with Crippen molar-refractivity contribution in [2.45, 2.75) is 51.6 Å². The number of rotatable bonds is 7. The Balaban J connectivity index is 1.65. The van der Waals surface area contributed by atoms with Crippen molar-refractivity contribution in [3.63, 3.8) is 0 Å². The van der Waals surface area contributed by atoms with Gasteiger partial charge in [0.15, 0.2) is 0 Å². The van der Waals surface area contributed by atoms with Gasteiger partial charge in [0.2, 0.25) is 0 Å². The van der Waals surface area contributed by atoms with Crippen LogP contribution in [0.15, 0.2) is 0 Å². The summed E-state index contributed by atoms with van der Waals surface area (Å²) in [5.74, 6) is 0.826. The average Bonchev–Trinajstić information content (AvgIpc) is 3.14. The van der Waals surface area contributed by atoms with E-state index in [4.69, 9.17) is 4.74 Å². The molecule has 2 rings (SSSR count). The molecule has 2 aliphatic rings. The highest BCUT2D eigenvalue weighted by molar-refractivity contribution is 4.85. The number of nitrogens with zero attached hydrogens (tertiary/aromatic N) is 1. The van der Waals surface area contributed by atoms with Crippen LogP contribution in [0.1, 0.15) is 39.5 Å². The maximum Gasteiger partial charge on any atom is 0.0620 e. The van der Waals surface area contributed by atoms with Crippen LogP contribution < -0.4 is 5.32 Å². The Morgan fingerprint density at radius 3 is 2.71 bits per heavy atom. The van der Waals surface area contributed by atoms with Crippen molar-refractivity contribution in [1.82, 2.24) is 10.2 Å². The number of nitrogens with one attached hydrogen (secondary N) is 1. The second-order valence-corrected chi connectivity index (χ2v) is 5.96. The van der Waals surface area contributed by atoms with E-state index in [1.54, 1.807) is 0 Å². The van der Waals surface area contributed by atoms with Crippen LogP contribution >= 0.6 is 0 Å². The van der Waals surface area contributed by atoms with E-state index >= 15 is 0 Å². The summed E-state index contributed by atoms with van der Waals surface area (Å²) in [6.45, 7) is 10.00. The smallest absolute Gasteiger partial charge is 0.0620 e. The van der Waals surface area contributed by atoms with E-state index in [9.17, 15) is 0 Å². The molecule has 17 heavy (non-hydrogen) atoms. The summed E-state index contributed by atoms with van der Waals surface area (Å²) >= 11 is 0. The summed E-state index contributed by atoms with van der Waals surface area (Å²) in [4.78, 5) is 2.70. The lowest BCUT2D eigenvalue weighted by Crippen LogP contribution is -2.43. The normalized spacial score (nSPS) is 25.8. The number of hydrogen-bond donors (Lipinski definition) is 1. The van der Waals surface area contributed by atoms with Crippen LogP contribution in [-0.4, -0.2) is 49.8 Å². The molecule has 1 unspecified atom stereocenters. The molecule has 1 saturated heterocycles. The minimum atomic E-state index is 0.587. The summed E-state index contributed by atoms with van der Waals surface area (Å²) in [7, 11) is 0. The molecule has 1 aliphatic heterocycles. The highest BCUT2D eigenvalue weighted by atomic mass is 16.5. The van der Waals surface area contributed by atoms with Crippen LogP contribution in [-0.2, 0) is 4.74 Å². The van der Waals surface area contributed by atoms with Crippen LogP contribution in [0.25, 0.3) is 0 Å². The first-order valence-corrected chi connectivity index (χ1v) is 7.31. The third-order valence-electron chi connectivity index (χ3n) is 3.82. The Bertz CT molecular complexity index is 210. The largest absolute Gasteiger partial charge is 0.379 e. The van der Waals surface area contributed by atoms with Crippen molar-refractivity contribution in [3.8, 4) is 0 Å². The topological polar surface area (TPSA) is 24.5 Å².